The summed E-state index contributed by atoms with van der Waals surface area (Å²) in [4.78, 5) is 23.1. The summed E-state index contributed by atoms with van der Waals surface area (Å²) < 4.78 is 15.8. The number of benzene rings is 2. The molecule has 0 spiro atoms. The predicted octanol–water partition coefficient (Wildman–Crippen LogP) is 3.11. The van der Waals surface area contributed by atoms with Crippen LogP contribution >= 0.6 is 0 Å². The highest BCUT2D eigenvalue weighted by atomic mass is 16.6. The van der Waals surface area contributed by atoms with Crippen LogP contribution in [0.2, 0.25) is 0 Å². The summed E-state index contributed by atoms with van der Waals surface area (Å²) in [6.45, 7) is 3.62. The van der Waals surface area contributed by atoms with Gasteiger partial charge in [-0.25, -0.2) is 4.79 Å². The maximum Gasteiger partial charge on any atom is 0.349 e. The highest BCUT2D eigenvalue weighted by Crippen LogP contribution is 2.30. The van der Waals surface area contributed by atoms with Gasteiger partial charge in [0.2, 0.25) is 0 Å². The molecule has 0 aliphatic carbocycles. The first kappa shape index (κ1) is 16.5. The van der Waals surface area contributed by atoms with E-state index in [9.17, 15) is 9.59 Å². The topological polar surface area (TPSA) is 61.8 Å². The van der Waals surface area contributed by atoms with Crippen molar-refractivity contribution >= 4 is 12.3 Å². The molecule has 0 fully saturated rings. The Morgan fingerprint density at radius 2 is 1.78 bits per heavy atom. The van der Waals surface area contributed by atoms with Gasteiger partial charge in [0, 0.05) is 0 Å². The second-order valence-electron chi connectivity index (χ2n) is 4.96. The summed E-state index contributed by atoms with van der Waals surface area (Å²) in [6.07, 6.45) is 0.608. The molecule has 0 aromatic heterocycles. The third-order valence-electron chi connectivity index (χ3n) is 3.47. The molecular weight excluding hydrogens is 296 g/mol. The number of hydrogen-bond acceptors (Lipinski definition) is 5. The molecule has 0 N–H and O–H groups in total. The molecule has 2 rings (SSSR count). The molecule has 0 aliphatic rings. The Kier molecular flexibility index (Phi) is 5.36. The van der Waals surface area contributed by atoms with E-state index in [1.165, 1.54) is 7.11 Å². The minimum atomic E-state index is -0.612. The Morgan fingerprint density at radius 1 is 1.09 bits per heavy atom. The zero-order chi connectivity index (χ0) is 16.8. The van der Waals surface area contributed by atoms with Gasteiger partial charge < -0.3 is 14.2 Å². The zero-order valence-electron chi connectivity index (χ0n) is 13.3. The number of aryl methyl sites for hydroxylation is 1. The third-order valence-corrected chi connectivity index (χ3v) is 3.47. The molecule has 120 valence electrons. The predicted molar refractivity (Wildman–Crippen MR) is 85.4 cm³/mol. The van der Waals surface area contributed by atoms with E-state index in [1.54, 1.807) is 24.3 Å². The minimum absolute atomic E-state index is 0.0968. The van der Waals surface area contributed by atoms with Gasteiger partial charge in [-0.15, -0.1) is 0 Å². The van der Waals surface area contributed by atoms with Crippen molar-refractivity contribution < 1.29 is 23.8 Å². The molecule has 0 saturated carbocycles. The van der Waals surface area contributed by atoms with Gasteiger partial charge in [0.1, 0.15) is 5.75 Å². The number of ether oxygens (including phenoxy) is 3. The average molecular weight is 314 g/mol. The molecule has 0 radical (unpaired) electrons. The van der Waals surface area contributed by atoms with Crippen LogP contribution < -0.4 is 14.2 Å². The fraction of sp³-hybridized carbons (Fsp3) is 0.222. The number of rotatable bonds is 6. The third kappa shape index (κ3) is 3.88. The molecular formula is C18H18O5. The normalized spacial score (nSPS) is 10.0. The first-order chi connectivity index (χ1) is 11.1. The monoisotopic (exact) mass is 314 g/mol. The lowest BCUT2D eigenvalue weighted by atomic mass is 10.1. The molecule has 5 nitrogen and oxygen atoms in total. The number of aldehydes is 1. The molecule has 0 saturated heterocycles. The van der Waals surface area contributed by atoms with Gasteiger partial charge in [0.15, 0.2) is 24.4 Å². The fourth-order valence-corrected chi connectivity index (χ4v) is 2.06. The Morgan fingerprint density at radius 3 is 2.48 bits per heavy atom. The number of methoxy groups -OCH3 is 1. The van der Waals surface area contributed by atoms with Crippen LogP contribution in [-0.2, 0) is 4.79 Å². The van der Waals surface area contributed by atoms with Gasteiger partial charge in [-0.1, -0.05) is 18.2 Å². The lowest BCUT2D eigenvalue weighted by Gasteiger charge is -2.13. The van der Waals surface area contributed by atoms with Crippen LogP contribution in [0.3, 0.4) is 0 Å². The van der Waals surface area contributed by atoms with E-state index >= 15 is 0 Å². The molecule has 0 atom stereocenters. The van der Waals surface area contributed by atoms with E-state index in [0.717, 1.165) is 11.1 Å². The Hall–Kier alpha value is -2.82. The fourth-order valence-electron chi connectivity index (χ4n) is 2.06. The van der Waals surface area contributed by atoms with E-state index in [0.29, 0.717) is 17.8 Å². The van der Waals surface area contributed by atoms with Crippen LogP contribution in [0, 0.1) is 13.8 Å². The Balaban J connectivity index is 2.08. The summed E-state index contributed by atoms with van der Waals surface area (Å²) in [7, 11) is 1.44. The minimum Gasteiger partial charge on any atom is -0.493 e. The van der Waals surface area contributed by atoms with E-state index in [-0.39, 0.29) is 17.9 Å². The molecule has 0 aliphatic heterocycles. The van der Waals surface area contributed by atoms with Crippen LogP contribution in [0.15, 0.2) is 36.4 Å². The van der Waals surface area contributed by atoms with Crippen molar-refractivity contribution in [2.45, 2.75) is 13.8 Å². The van der Waals surface area contributed by atoms with Crippen molar-refractivity contribution in [3.05, 3.63) is 53.1 Å². The number of carbonyl (C=O) groups excluding carboxylic acids is 2. The summed E-state index contributed by atoms with van der Waals surface area (Å²) >= 11 is 0. The van der Waals surface area contributed by atoms with Crippen molar-refractivity contribution in [1.82, 2.24) is 0 Å². The molecule has 0 unspecified atom stereocenters. The molecule has 0 amide bonds. The Labute approximate surface area is 134 Å². The van der Waals surface area contributed by atoms with Crippen LogP contribution in [0.5, 0.6) is 17.2 Å². The largest absolute Gasteiger partial charge is 0.493 e. The molecule has 0 heterocycles. The number of para-hydroxylation sites is 1. The summed E-state index contributed by atoms with van der Waals surface area (Å²) in [5.41, 5.74) is 2.28. The lowest BCUT2D eigenvalue weighted by molar-refractivity contribution is -0.136. The van der Waals surface area contributed by atoms with E-state index in [1.807, 2.05) is 26.0 Å². The van der Waals surface area contributed by atoms with Gasteiger partial charge in [-0.3, -0.25) is 4.79 Å². The maximum absolute atomic E-state index is 12.0. The first-order valence-corrected chi connectivity index (χ1v) is 7.08. The molecule has 0 bridgehead atoms. The van der Waals surface area contributed by atoms with E-state index in [2.05, 4.69) is 0 Å². The maximum atomic E-state index is 12.0. The molecule has 5 heteroatoms. The highest BCUT2D eigenvalue weighted by Gasteiger charge is 2.15. The van der Waals surface area contributed by atoms with Crippen molar-refractivity contribution in [3.8, 4) is 17.2 Å². The standard InChI is InChI=1S/C18H18O5/c1-12-6-4-8-15(13(12)2)22-11-17(20)23-18-14(10-19)7-5-9-16(18)21-3/h4-10H,11H2,1-3H3. The van der Waals surface area contributed by atoms with Crippen LogP contribution in [0.4, 0.5) is 0 Å². The van der Waals surface area contributed by atoms with Crippen LogP contribution in [0.1, 0.15) is 21.5 Å². The van der Waals surface area contributed by atoms with Crippen molar-refractivity contribution in [2.24, 2.45) is 0 Å². The lowest BCUT2D eigenvalue weighted by Crippen LogP contribution is -2.19. The summed E-state index contributed by atoms with van der Waals surface area (Å²) in [5.74, 6) is 0.422. The summed E-state index contributed by atoms with van der Waals surface area (Å²) in [5, 5.41) is 0. The van der Waals surface area contributed by atoms with E-state index in [4.69, 9.17) is 14.2 Å². The second-order valence-corrected chi connectivity index (χ2v) is 4.96. The highest BCUT2D eigenvalue weighted by molar-refractivity contribution is 5.84. The Bertz CT molecular complexity index is 721. The SMILES string of the molecule is COc1cccc(C=O)c1OC(=O)COc1cccc(C)c1C. The van der Waals surface area contributed by atoms with Gasteiger partial charge in [0.25, 0.3) is 0 Å². The number of hydrogen-bond donors (Lipinski definition) is 0. The molecule has 2 aromatic carbocycles. The smallest absolute Gasteiger partial charge is 0.349 e. The molecule has 23 heavy (non-hydrogen) atoms. The van der Waals surface area contributed by atoms with Crippen molar-refractivity contribution in [2.75, 3.05) is 13.7 Å². The number of carbonyl (C=O) groups is 2. The second kappa shape index (κ2) is 7.45. The van der Waals surface area contributed by atoms with Gasteiger partial charge in [0.05, 0.1) is 12.7 Å². The van der Waals surface area contributed by atoms with Crippen LogP contribution in [0.25, 0.3) is 0 Å². The first-order valence-electron chi connectivity index (χ1n) is 7.08. The van der Waals surface area contributed by atoms with Crippen LogP contribution in [-0.4, -0.2) is 26.0 Å². The average Bonchev–Trinajstić information content (AvgIpc) is 2.56. The summed E-state index contributed by atoms with van der Waals surface area (Å²) in [6, 6.07) is 10.4. The van der Waals surface area contributed by atoms with E-state index < -0.39 is 5.97 Å². The zero-order valence-corrected chi connectivity index (χ0v) is 13.3. The number of esters is 1. The van der Waals surface area contributed by atoms with Crippen molar-refractivity contribution in [3.63, 3.8) is 0 Å². The quantitative estimate of drug-likeness (QED) is 0.466. The molecule has 2 aromatic rings. The van der Waals surface area contributed by atoms with Gasteiger partial charge >= 0.3 is 5.97 Å². The van der Waals surface area contributed by atoms with Gasteiger partial charge in [-0.05, 0) is 43.2 Å². The van der Waals surface area contributed by atoms with Gasteiger partial charge in [-0.2, -0.15) is 0 Å². The van der Waals surface area contributed by atoms with Crippen molar-refractivity contribution in [1.29, 1.82) is 0 Å².